The summed E-state index contributed by atoms with van der Waals surface area (Å²) in [4.78, 5) is 16.6. The number of rotatable bonds is 3. The second kappa shape index (κ2) is 7.03. The van der Waals surface area contributed by atoms with Gasteiger partial charge in [0.05, 0.1) is 30.3 Å². The minimum Gasteiger partial charge on any atom is -0.496 e. The second-order valence-corrected chi connectivity index (χ2v) is 7.24. The fourth-order valence-corrected chi connectivity index (χ4v) is 4.15. The van der Waals surface area contributed by atoms with Gasteiger partial charge in [-0.05, 0) is 44.5 Å². The summed E-state index contributed by atoms with van der Waals surface area (Å²) in [5.41, 5.74) is 1.23. The van der Waals surface area contributed by atoms with Crippen molar-refractivity contribution in [2.75, 3.05) is 33.8 Å². The zero-order valence-corrected chi connectivity index (χ0v) is 14.9. The molecule has 0 saturated carbocycles. The van der Waals surface area contributed by atoms with E-state index in [1.54, 1.807) is 31.2 Å². The summed E-state index contributed by atoms with van der Waals surface area (Å²) < 4.78 is 5.41. The van der Waals surface area contributed by atoms with Crippen LogP contribution in [-0.2, 0) is 11.3 Å². The molecule has 2 aliphatic rings. The van der Waals surface area contributed by atoms with Crippen molar-refractivity contribution in [3.63, 3.8) is 0 Å². The van der Waals surface area contributed by atoms with Crippen molar-refractivity contribution >= 4 is 5.91 Å². The molecule has 1 amide bonds. The highest BCUT2D eigenvalue weighted by molar-refractivity contribution is 5.83. The van der Waals surface area contributed by atoms with Crippen LogP contribution in [0, 0.1) is 16.7 Å². The van der Waals surface area contributed by atoms with Gasteiger partial charge < -0.3 is 14.7 Å². The largest absolute Gasteiger partial charge is 0.496 e. The van der Waals surface area contributed by atoms with Gasteiger partial charge in [0.25, 0.3) is 0 Å². The molecule has 2 fully saturated rings. The quantitative estimate of drug-likeness (QED) is 0.897. The maximum atomic E-state index is 12.6. The number of aliphatic hydroxyl groups excluding tert-OH is 1. The topological polar surface area (TPSA) is 76.8 Å². The molecule has 1 spiro atoms. The molecule has 3 rings (SSSR count). The number of carbonyl (C=O) groups excluding carboxylic acids is 1. The average molecular weight is 343 g/mol. The van der Waals surface area contributed by atoms with E-state index in [9.17, 15) is 9.90 Å². The number of amides is 1. The maximum Gasteiger partial charge on any atom is 0.228 e. The van der Waals surface area contributed by atoms with Crippen molar-refractivity contribution in [1.29, 1.82) is 5.26 Å². The summed E-state index contributed by atoms with van der Waals surface area (Å²) in [5.74, 6) is 0.900. The first-order valence-corrected chi connectivity index (χ1v) is 8.70. The van der Waals surface area contributed by atoms with Gasteiger partial charge >= 0.3 is 0 Å². The molecule has 2 heterocycles. The van der Waals surface area contributed by atoms with E-state index in [0.717, 1.165) is 43.8 Å². The third-order valence-electron chi connectivity index (χ3n) is 5.53. The highest BCUT2D eigenvalue weighted by Crippen LogP contribution is 2.41. The summed E-state index contributed by atoms with van der Waals surface area (Å²) in [6.07, 6.45) is 1.69. The lowest BCUT2D eigenvalue weighted by atomic mass is 9.71. The molecule has 6 heteroatoms. The van der Waals surface area contributed by atoms with Gasteiger partial charge in [-0.1, -0.05) is 6.07 Å². The number of benzene rings is 1. The molecule has 6 nitrogen and oxygen atoms in total. The Morgan fingerprint density at radius 2 is 2.12 bits per heavy atom. The summed E-state index contributed by atoms with van der Waals surface area (Å²) in [7, 11) is 3.39. The average Bonchev–Trinajstić information content (AvgIpc) is 2.62. The number of piperidine rings is 2. The zero-order chi connectivity index (χ0) is 18.0. The standard InChI is InChI=1S/C19H25N3O3/c1-21-13-16(23)10-19(18(21)24)5-7-22(8-6-19)12-15-4-3-14(11-20)9-17(15)25-2/h3-4,9,16,23H,5-8,10,12-13H2,1-2H3. The van der Waals surface area contributed by atoms with Crippen molar-refractivity contribution in [1.82, 2.24) is 9.80 Å². The van der Waals surface area contributed by atoms with Gasteiger partial charge in [-0.3, -0.25) is 9.69 Å². The van der Waals surface area contributed by atoms with Crippen molar-refractivity contribution in [2.24, 2.45) is 5.41 Å². The highest BCUT2D eigenvalue weighted by Gasteiger charge is 2.47. The van der Waals surface area contributed by atoms with Crippen molar-refractivity contribution in [2.45, 2.75) is 31.9 Å². The van der Waals surface area contributed by atoms with Crippen LogP contribution in [0.1, 0.15) is 30.4 Å². The third-order valence-corrected chi connectivity index (χ3v) is 5.53. The minimum absolute atomic E-state index is 0.174. The zero-order valence-electron chi connectivity index (χ0n) is 14.9. The number of hydrogen-bond donors (Lipinski definition) is 1. The molecule has 134 valence electrons. The number of likely N-dealkylation sites (tertiary alicyclic amines) is 2. The smallest absolute Gasteiger partial charge is 0.228 e. The van der Waals surface area contributed by atoms with Crippen LogP contribution in [0.25, 0.3) is 0 Å². The molecule has 1 atom stereocenters. The van der Waals surface area contributed by atoms with E-state index < -0.39 is 11.5 Å². The lowest BCUT2D eigenvalue weighted by Crippen LogP contribution is -2.56. The Morgan fingerprint density at radius 1 is 1.40 bits per heavy atom. The predicted octanol–water partition coefficient (Wildman–Crippen LogP) is 1.37. The van der Waals surface area contributed by atoms with E-state index >= 15 is 0 Å². The first-order chi connectivity index (χ1) is 12.0. The number of ether oxygens (including phenoxy) is 1. The number of carbonyl (C=O) groups is 1. The van der Waals surface area contributed by atoms with Crippen LogP contribution in [0.5, 0.6) is 5.75 Å². The molecule has 2 aliphatic heterocycles. The summed E-state index contributed by atoms with van der Waals surface area (Å²) in [6, 6.07) is 7.63. The van der Waals surface area contributed by atoms with Crippen LogP contribution in [0.4, 0.5) is 0 Å². The Balaban J connectivity index is 1.67. The molecule has 0 aromatic heterocycles. The number of likely N-dealkylation sites (N-methyl/N-ethyl adjacent to an activating group) is 1. The molecule has 0 aliphatic carbocycles. The Labute approximate surface area is 148 Å². The summed E-state index contributed by atoms with van der Waals surface area (Å²) >= 11 is 0. The predicted molar refractivity (Wildman–Crippen MR) is 92.9 cm³/mol. The number of aliphatic hydroxyl groups is 1. The molecule has 1 unspecified atom stereocenters. The molecule has 0 bridgehead atoms. The van der Waals surface area contributed by atoms with Gasteiger partial charge in [0.2, 0.25) is 5.91 Å². The molecule has 1 N–H and O–H groups in total. The van der Waals surface area contributed by atoms with Crippen LogP contribution < -0.4 is 4.74 Å². The van der Waals surface area contributed by atoms with Crippen molar-refractivity contribution in [3.8, 4) is 11.8 Å². The van der Waals surface area contributed by atoms with Gasteiger partial charge in [-0.15, -0.1) is 0 Å². The fraction of sp³-hybridized carbons (Fsp3) is 0.579. The number of β-amino-alcohol motifs (C(OH)–C–C–N with tert-alkyl or cyclic N) is 1. The molecular formula is C19H25N3O3. The van der Waals surface area contributed by atoms with Gasteiger partial charge in [0, 0.05) is 25.7 Å². The molecule has 1 aromatic carbocycles. The molecule has 2 saturated heterocycles. The molecule has 1 aromatic rings. The van der Waals surface area contributed by atoms with E-state index in [0.29, 0.717) is 18.5 Å². The minimum atomic E-state index is -0.423. The van der Waals surface area contributed by atoms with E-state index in [-0.39, 0.29) is 5.91 Å². The van der Waals surface area contributed by atoms with Crippen molar-refractivity contribution < 1.29 is 14.6 Å². The third kappa shape index (κ3) is 3.48. The number of methoxy groups -OCH3 is 1. The van der Waals surface area contributed by atoms with Gasteiger partial charge in [0.15, 0.2) is 0 Å². The van der Waals surface area contributed by atoms with Crippen LogP contribution in [0.2, 0.25) is 0 Å². The summed E-state index contributed by atoms with van der Waals surface area (Å²) in [5, 5.41) is 19.1. The normalized spacial score (nSPS) is 23.5. The molecule has 0 radical (unpaired) electrons. The van der Waals surface area contributed by atoms with Crippen LogP contribution in [0.15, 0.2) is 18.2 Å². The molecule has 25 heavy (non-hydrogen) atoms. The monoisotopic (exact) mass is 343 g/mol. The Morgan fingerprint density at radius 3 is 2.76 bits per heavy atom. The maximum absolute atomic E-state index is 12.6. The number of hydrogen-bond acceptors (Lipinski definition) is 5. The highest BCUT2D eigenvalue weighted by atomic mass is 16.5. The first-order valence-electron chi connectivity index (χ1n) is 8.70. The van der Waals surface area contributed by atoms with Crippen LogP contribution >= 0.6 is 0 Å². The van der Waals surface area contributed by atoms with E-state index in [4.69, 9.17) is 10.00 Å². The van der Waals surface area contributed by atoms with Gasteiger partial charge in [0.1, 0.15) is 5.75 Å². The van der Waals surface area contributed by atoms with E-state index in [1.807, 2.05) is 6.07 Å². The lowest BCUT2D eigenvalue weighted by Gasteiger charge is -2.47. The van der Waals surface area contributed by atoms with E-state index in [2.05, 4.69) is 11.0 Å². The van der Waals surface area contributed by atoms with Crippen molar-refractivity contribution in [3.05, 3.63) is 29.3 Å². The number of nitriles is 1. The van der Waals surface area contributed by atoms with Crippen LogP contribution in [0.3, 0.4) is 0 Å². The number of nitrogens with zero attached hydrogens (tertiary/aromatic N) is 3. The van der Waals surface area contributed by atoms with E-state index in [1.165, 1.54) is 0 Å². The Bertz CT molecular complexity index is 690. The van der Waals surface area contributed by atoms with Crippen LogP contribution in [-0.4, -0.2) is 60.7 Å². The first kappa shape index (κ1) is 17.7. The van der Waals surface area contributed by atoms with Gasteiger partial charge in [-0.25, -0.2) is 0 Å². The van der Waals surface area contributed by atoms with Gasteiger partial charge in [-0.2, -0.15) is 5.26 Å². The Hall–Kier alpha value is -2.10. The SMILES string of the molecule is COc1cc(C#N)ccc1CN1CCC2(CC1)CC(O)CN(C)C2=O. The lowest BCUT2D eigenvalue weighted by molar-refractivity contribution is -0.154. The second-order valence-electron chi connectivity index (χ2n) is 7.24. The Kier molecular flexibility index (Phi) is 4.98. The molecular weight excluding hydrogens is 318 g/mol. The summed E-state index contributed by atoms with van der Waals surface area (Å²) in [6.45, 7) is 2.80. The fourth-order valence-electron chi connectivity index (χ4n) is 4.15.